The number of rotatable bonds is 1. The Bertz CT molecular complexity index is 641. The number of hydrogen-bond donors (Lipinski definition) is 0. The Morgan fingerprint density at radius 2 is 1.24 bits per heavy atom. The molecule has 17 heavy (non-hydrogen) atoms. The van der Waals surface area contributed by atoms with E-state index in [-0.39, 0.29) is 0 Å². The molecule has 0 saturated heterocycles. The first-order chi connectivity index (χ1) is 8.09. The van der Waals surface area contributed by atoms with Crippen LogP contribution in [0.2, 0.25) is 0 Å². The molecule has 0 heterocycles. The van der Waals surface area contributed by atoms with Gasteiger partial charge in [-0.05, 0) is 22.3 Å². The minimum absolute atomic E-state index is 0.505. The Kier molecular flexibility index (Phi) is 2.13. The summed E-state index contributed by atoms with van der Waals surface area (Å²) in [5.41, 5.74) is 3.88. The molecule has 0 bridgehead atoms. The first-order valence-corrected chi connectivity index (χ1v) is 7.41. The molecule has 0 aliphatic heterocycles. The van der Waals surface area contributed by atoms with E-state index in [0.29, 0.717) is 0 Å². The molecule has 0 atom stereocenters. The maximum atomic E-state index is 12.0. The Morgan fingerprint density at radius 3 is 1.65 bits per heavy atom. The largest absolute Gasteiger partial charge is 0.228 e. The molecular weight excluding hydrogens is 232 g/mol. The molecule has 3 rings (SSSR count). The van der Waals surface area contributed by atoms with Crippen LogP contribution in [0.3, 0.4) is 0 Å². The lowest BCUT2D eigenvalue weighted by atomic mass is 10.1. The van der Waals surface area contributed by atoms with Crippen LogP contribution in [-0.2, 0) is 9.84 Å². The predicted octanol–water partition coefficient (Wildman–Crippen LogP) is 2.80. The highest BCUT2D eigenvalue weighted by molar-refractivity contribution is 7.91. The molecular formula is C14H12O2S. The Morgan fingerprint density at radius 1 is 0.824 bits per heavy atom. The molecule has 0 N–H and O–H groups in total. The molecule has 2 aromatic rings. The van der Waals surface area contributed by atoms with Crippen molar-refractivity contribution in [2.75, 3.05) is 6.26 Å². The van der Waals surface area contributed by atoms with Gasteiger partial charge in [0.25, 0.3) is 0 Å². The average molecular weight is 244 g/mol. The zero-order valence-electron chi connectivity index (χ0n) is 9.42. The van der Waals surface area contributed by atoms with Crippen LogP contribution in [0.25, 0.3) is 11.1 Å². The lowest BCUT2D eigenvalue weighted by molar-refractivity contribution is 0.596. The zero-order valence-corrected chi connectivity index (χ0v) is 10.2. The SMILES string of the molecule is CS(=O)(=O)C1c2ccccc2-c2ccccc21. The van der Waals surface area contributed by atoms with Crippen LogP contribution in [0.5, 0.6) is 0 Å². The minimum atomic E-state index is -3.13. The third-order valence-electron chi connectivity index (χ3n) is 3.20. The van der Waals surface area contributed by atoms with Crippen molar-refractivity contribution in [1.29, 1.82) is 0 Å². The van der Waals surface area contributed by atoms with Gasteiger partial charge in [0.05, 0.1) is 0 Å². The summed E-state index contributed by atoms with van der Waals surface area (Å²) in [6.45, 7) is 0. The highest BCUT2D eigenvalue weighted by Crippen LogP contribution is 2.46. The van der Waals surface area contributed by atoms with Gasteiger partial charge < -0.3 is 0 Å². The van der Waals surface area contributed by atoms with Gasteiger partial charge in [0, 0.05) is 6.26 Å². The summed E-state index contributed by atoms with van der Waals surface area (Å²) in [4.78, 5) is 0. The summed E-state index contributed by atoms with van der Waals surface area (Å²) in [7, 11) is -3.13. The third kappa shape index (κ3) is 1.50. The van der Waals surface area contributed by atoms with Gasteiger partial charge >= 0.3 is 0 Å². The molecule has 0 unspecified atom stereocenters. The van der Waals surface area contributed by atoms with Crippen LogP contribution in [0.1, 0.15) is 16.4 Å². The first-order valence-electron chi connectivity index (χ1n) is 5.46. The Labute approximate surface area is 101 Å². The number of fused-ring (bicyclic) bond motifs is 3. The van der Waals surface area contributed by atoms with Gasteiger partial charge in [-0.25, -0.2) is 8.42 Å². The van der Waals surface area contributed by atoms with Gasteiger partial charge in [0.1, 0.15) is 5.25 Å². The van der Waals surface area contributed by atoms with Crippen LogP contribution in [0.4, 0.5) is 0 Å². The van der Waals surface area contributed by atoms with E-state index in [4.69, 9.17) is 0 Å². The lowest BCUT2D eigenvalue weighted by Crippen LogP contribution is -2.09. The van der Waals surface area contributed by atoms with Crippen LogP contribution < -0.4 is 0 Å². The predicted molar refractivity (Wildman–Crippen MR) is 68.6 cm³/mol. The maximum Gasteiger partial charge on any atom is 0.158 e. The fourth-order valence-electron chi connectivity index (χ4n) is 2.57. The van der Waals surface area contributed by atoms with Crippen LogP contribution in [-0.4, -0.2) is 14.7 Å². The van der Waals surface area contributed by atoms with E-state index in [0.717, 1.165) is 22.3 Å². The van der Waals surface area contributed by atoms with Crippen molar-refractivity contribution in [3.8, 4) is 11.1 Å². The number of sulfone groups is 1. The van der Waals surface area contributed by atoms with E-state index >= 15 is 0 Å². The Balaban J connectivity index is 2.39. The molecule has 0 spiro atoms. The molecule has 3 heteroatoms. The van der Waals surface area contributed by atoms with Crippen molar-refractivity contribution in [3.05, 3.63) is 59.7 Å². The summed E-state index contributed by atoms with van der Waals surface area (Å²) in [6, 6.07) is 15.5. The highest BCUT2D eigenvalue weighted by Gasteiger charge is 2.34. The summed E-state index contributed by atoms with van der Waals surface area (Å²) in [5.74, 6) is 0. The van der Waals surface area contributed by atoms with Crippen molar-refractivity contribution in [2.45, 2.75) is 5.25 Å². The van der Waals surface area contributed by atoms with E-state index in [1.165, 1.54) is 6.26 Å². The van der Waals surface area contributed by atoms with E-state index in [1.54, 1.807) is 0 Å². The van der Waals surface area contributed by atoms with Gasteiger partial charge in [-0.1, -0.05) is 48.5 Å². The molecule has 0 saturated carbocycles. The van der Waals surface area contributed by atoms with Crippen LogP contribution in [0.15, 0.2) is 48.5 Å². The van der Waals surface area contributed by atoms with E-state index in [9.17, 15) is 8.42 Å². The fourth-order valence-corrected chi connectivity index (χ4v) is 3.90. The number of benzene rings is 2. The molecule has 0 fully saturated rings. The van der Waals surface area contributed by atoms with Gasteiger partial charge in [0.15, 0.2) is 9.84 Å². The summed E-state index contributed by atoms with van der Waals surface area (Å²) >= 11 is 0. The lowest BCUT2D eigenvalue weighted by Gasteiger charge is -2.10. The Hall–Kier alpha value is -1.61. The van der Waals surface area contributed by atoms with E-state index < -0.39 is 15.1 Å². The van der Waals surface area contributed by atoms with Crippen molar-refractivity contribution < 1.29 is 8.42 Å². The smallest absolute Gasteiger partial charge is 0.158 e. The minimum Gasteiger partial charge on any atom is -0.228 e. The van der Waals surface area contributed by atoms with Gasteiger partial charge in [0.2, 0.25) is 0 Å². The molecule has 1 aliphatic rings. The summed E-state index contributed by atoms with van der Waals surface area (Å²) in [6.07, 6.45) is 1.30. The average Bonchev–Trinajstić information content (AvgIpc) is 2.63. The topological polar surface area (TPSA) is 34.1 Å². The van der Waals surface area contributed by atoms with E-state index in [1.807, 2.05) is 48.5 Å². The second-order valence-electron chi connectivity index (χ2n) is 4.38. The van der Waals surface area contributed by atoms with E-state index in [2.05, 4.69) is 0 Å². The van der Waals surface area contributed by atoms with Crippen molar-refractivity contribution in [1.82, 2.24) is 0 Å². The maximum absolute atomic E-state index is 12.0. The molecule has 1 aliphatic carbocycles. The van der Waals surface area contributed by atoms with Gasteiger partial charge in [-0.3, -0.25) is 0 Å². The summed E-state index contributed by atoms with van der Waals surface area (Å²) in [5, 5.41) is -0.505. The first kappa shape index (κ1) is 10.5. The molecule has 0 radical (unpaired) electrons. The third-order valence-corrected chi connectivity index (χ3v) is 4.57. The molecule has 86 valence electrons. The second kappa shape index (κ2) is 3.44. The summed E-state index contributed by atoms with van der Waals surface area (Å²) < 4.78 is 23.9. The van der Waals surface area contributed by atoms with Gasteiger partial charge in [-0.2, -0.15) is 0 Å². The van der Waals surface area contributed by atoms with Crippen molar-refractivity contribution in [2.24, 2.45) is 0 Å². The quantitative estimate of drug-likeness (QED) is 0.773. The zero-order chi connectivity index (χ0) is 12.0. The molecule has 2 aromatic carbocycles. The second-order valence-corrected chi connectivity index (χ2v) is 6.51. The van der Waals surface area contributed by atoms with Crippen molar-refractivity contribution >= 4 is 9.84 Å². The van der Waals surface area contributed by atoms with Crippen LogP contribution >= 0.6 is 0 Å². The number of hydrogen-bond acceptors (Lipinski definition) is 2. The highest BCUT2D eigenvalue weighted by atomic mass is 32.2. The van der Waals surface area contributed by atoms with Crippen LogP contribution in [0, 0.1) is 0 Å². The molecule has 2 nitrogen and oxygen atoms in total. The monoisotopic (exact) mass is 244 g/mol. The standard InChI is InChI=1S/C14H12O2S/c1-17(15,16)14-12-8-4-2-6-10(12)11-7-3-5-9-13(11)14/h2-9,14H,1H3. The molecule has 0 aromatic heterocycles. The normalized spacial score (nSPS) is 14.4. The molecule has 0 amide bonds. The van der Waals surface area contributed by atoms with Crippen molar-refractivity contribution in [3.63, 3.8) is 0 Å². The fraction of sp³-hybridized carbons (Fsp3) is 0.143. The van der Waals surface area contributed by atoms with Gasteiger partial charge in [-0.15, -0.1) is 0 Å².